The molecule has 2 aromatic carbocycles. The van der Waals surface area contributed by atoms with Gasteiger partial charge in [0, 0.05) is 75.1 Å². The number of rotatable bonds is 11. The number of aromatic nitrogens is 1. The average molecular weight is 749 g/mol. The van der Waals surface area contributed by atoms with Crippen LogP contribution in [0.3, 0.4) is 0 Å². The van der Waals surface area contributed by atoms with Gasteiger partial charge in [-0.25, -0.2) is 0 Å². The Labute approximate surface area is 320 Å². The van der Waals surface area contributed by atoms with Crippen LogP contribution < -0.4 is 25.2 Å². The van der Waals surface area contributed by atoms with Gasteiger partial charge in [-0.1, -0.05) is 6.08 Å². The molecule has 4 amide bonds. The van der Waals surface area contributed by atoms with Crippen molar-refractivity contribution in [2.45, 2.75) is 51.7 Å². The summed E-state index contributed by atoms with van der Waals surface area (Å²) in [5.41, 5.74) is 5.30. The van der Waals surface area contributed by atoms with Crippen LogP contribution in [0.4, 0.5) is 5.69 Å². The van der Waals surface area contributed by atoms with E-state index in [-0.39, 0.29) is 29.7 Å². The van der Waals surface area contributed by atoms with E-state index in [1.807, 2.05) is 37.4 Å². The minimum absolute atomic E-state index is 0.0278. The highest BCUT2D eigenvalue weighted by Crippen LogP contribution is 2.44. The lowest BCUT2D eigenvalue weighted by Gasteiger charge is -2.55. The summed E-state index contributed by atoms with van der Waals surface area (Å²) in [6.45, 7) is 13.8. The summed E-state index contributed by atoms with van der Waals surface area (Å²) in [4.78, 5) is 71.4. The number of hydrogen-bond acceptors (Lipinski definition) is 10. The van der Waals surface area contributed by atoms with Crippen LogP contribution in [0, 0.1) is 18.3 Å². The topological polar surface area (TPSA) is 134 Å². The first-order chi connectivity index (χ1) is 26.5. The second kappa shape index (κ2) is 14.4. The number of allylic oxidation sites excluding steroid dienone is 1. The van der Waals surface area contributed by atoms with E-state index in [2.05, 4.69) is 26.6 Å². The number of hydrogen-bond donors (Lipinski definition) is 1. The second-order valence-corrected chi connectivity index (χ2v) is 15.9. The fourth-order valence-electron chi connectivity index (χ4n) is 9.16. The molecule has 8 rings (SSSR count). The maximum atomic E-state index is 13.3. The molecule has 6 heterocycles. The van der Waals surface area contributed by atoms with Crippen LogP contribution in [0.2, 0.25) is 0 Å². The van der Waals surface area contributed by atoms with E-state index in [0.29, 0.717) is 29.2 Å². The molecule has 0 radical (unpaired) electrons. The molecular formula is C42H48N6O7. The highest BCUT2D eigenvalue weighted by Gasteiger charge is 2.48. The van der Waals surface area contributed by atoms with Gasteiger partial charge in [0.15, 0.2) is 0 Å². The molecule has 13 nitrogen and oxygen atoms in total. The molecule has 1 unspecified atom stereocenters. The third-order valence-electron chi connectivity index (χ3n) is 12.2. The number of methoxy groups -OCH3 is 2. The van der Waals surface area contributed by atoms with E-state index in [0.717, 1.165) is 104 Å². The van der Waals surface area contributed by atoms with Gasteiger partial charge in [0.2, 0.25) is 11.8 Å². The maximum absolute atomic E-state index is 13.3. The number of likely N-dealkylation sites (tertiary alicyclic amines) is 2. The Morgan fingerprint density at radius 1 is 0.891 bits per heavy atom. The molecule has 5 aliphatic heterocycles. The van der Waals surface area contributed by atoms with E-state index in [4.69, 9.17) is 9.47 Å². The smallest absolute Gasteiger partial charge is 0.262 e. The molecule has 1 aromatic heterocycles. The van der Waals surface area contributed by atoms with Crippen molar-refractivity contribution in [2.24, 2.45) is 11.3 Å². The van der Waals surface area contributed by atoms with Crippen LogP contribution in [-0.4, -0.2) is 109 Å². The van der Waals surface area contributed by atoms with Gasteiger partial charge in [-0.15, -0.1) is 6.58 Å². The summed E-state index contributed by atoms with van der Waals surface area (Å²) in [7, 11) is 3.37. The van der Waals surface area contributed by atoms with E-state index in [1.165, 1.54) is 0 Å². The number of anilines is 1. The van der Waals surface area contributed by atoms with Gasteiger partial charge < -0.3 is 23.8 Å². The van der Waals surface area contributed by atoms with Gasteiger partial charge in [0.25, 0.3) is 17.4 Å². The third-order valence-corrected chi connectivity index (χ3v) is 12.2. The Morgan fingerprint density at radius 3 is 2.24 bits per heavy atom. The van der Waals surface area contributed by atoms with Gasteiger partial charge in [-0.3, -0.25) is 39.1 Å². The molecule has 1 atom stereocenters. The predicted molar refractivity (Wildman–Crippen MR) is 206 cm³/mol. The number of nitrogens with zero attached hydrogens (tertiary/aromatic N) is 5. The molecule has 3 aromatic rings. The van der Waals surface area contributed by atoms with Gasteiger partial charge in [-0.05, 0) is 92.7 Å². The van der Waals surface area contributed by atoms with Crippen molar-refractivity contribution in [3.63, 3.8) is 0 Å². The first-order valence-electron chi connectivity index (χ1n) is 19.1. The van der Waals surface area contributed by atoms with Gasteiger partial charge >= 0.3 is 0 Å². The summed E-state index contributed by atoms with van der Waals surface area (Å²) >= 11 is 0. The maximum Gasteiger partial charge on any atom is 0.262 e. The van der Waals surface area contributed by atoms with Gasteiger partial charge in [0.1, 0.15) is 17.5 Å². The largest absolute Gasteiger partial charge is 0.496 e. The van der Waals surface area contributed by atoms with Gasteiger partial charge in [-0.2, -0.15) is 0 Å². The number of fused-ring (bicyclic) bond motifs is 1. The monoisotopic (exact) mass is 748 g/mol. The Morgan fingerprint density at radius 2 is 1.58 bits per heavy atom. The first kappa shape index (κ1) is 36.7. The Kier molecular flexibility index (Phi) is 9.62. The number of carbonyl (C=O) groups is 4. The normalized spacial score (nSPS) is 21.3. The van der Waals surface area contributed by atoms with Crippen LogP contribution in [0.5, 0.6) is 11.5 Å². The molecule has 55 heavy (non-hydrogen) atoms. The Bertz CT molecular complexity index is 2110. The third kappa shape index (κ3) is 6.73. The Balaban J connectivity index is 0.827. The van der Waals surface area contributed by atoms with E-state index >= 15 is 0 Å². The number of ether oxygens (including phenoxy) is 2. The number of carbonyl (C=O) groups excluding carboxylic acids is 4. The van der Waals surface area contributed by atoms with Crippen molar-refractivity contribution in [3.05, 3.63) is 87.9 Å². The molecule has 0 aliphatic carbocycles. The zero-order valence-corrected chi connectivity index (χ0v) is 31.8. The van der Waals surface area contributed by atoms with Crippen LogP contribution in [0.15, 0.2) is 60.0 Å². The van der Waals surface area contributed by atoms with E-state index < -0.39 is 23.8 Å². The van der Waals surface area contributed by atoms with Crippen LogP contribution >= 0.6 is 0 Å². The Hall–Kier alpha value is -5.27. The lowest BCUT2D eigenvalue weighted by Crippen LogP contribution is -2.61. The van der Waals surface area contributed by atoms with Crippen molar-refractivity contribution >= 4 is 29.3 Å². The van der Waals surface area contributed by atoms with Crippen LogP contribution in [0.25, 0.3) is 11.1 Å². The average Bonchev–Trinajstić information content (AvgIpc) is 3.39. The predicted octanol–water partition coefficient (Wildman–Crippen LogP) is 3.46. The van der Waals surface area contributed by atoms with Crippen LogP contribution in [-0.2, 0) is 22.7 Å². The van der Waals surface area contributed by atoms with E-state index in [1.54, 1.807) is 37.0 Å². The van der Waals surface area contributed by atoms with Crippen molar-refractivity contribution in [3.8, 4) is 22.6 Å². The molecule has 13 heteroatoms. The summed E-state index contributed by atoms with van der Waals surface area (Å²) in [5.74, 6) is 0.200. The number of aryl methyl sites for hydroxylation is 1. The van der Waals surface area contributed by atoms with Crippen molar-refractivity contribution < 1.29 is 28.7 Å². The molecule has 0 bridgehead atoms. The lowest BCUT2D eigenvalue weighted by atomic mass is 9.71. The molecule has 4 fully saturated rings. The minimum Gasteiger partial charge on any atom is -0.496 e. The highest BCUT2D eigenvalue weighted by atomic mass is 16.5. The molecule has 0 saturated carbocycles. The zero-order chi connectivity index (χ0) is 38.6. The quantitative estimate of drug-likeness (QED) is 0.230. The number of nitrogens with one attached hydrogen (secondary N) is 1. The number of pyridine rings is 1. The van der Waals surface area contributed by atoms with Gasteiger partial charge in [0.05, 0.1) is 30.9 Å². The highest BCUT2D eigenvalue weighted by molar-refractivity contribution is 6.23. The number of imide groups is 2. The SMILES string of the molecule is C=CCn1cc(-c2cc(OC)c(CN3CC(CN4CCC5(CC4)CN(c4ccc6c(c4)C(=O)N(C4CCC(=O)NC4=O)C6=O)C5)C3)c(OC)c2)cc(C)c1=O. The molecule has 4 saturated heterocycles. The lowest BCUT2D eigenvalue weighted by molar-refractivity contribution is -0.136. The van der Waals surface area contributed by atoms with E-state index in [9.17, 15) is 24.0 Å². The van der Waals surface area contributed by atoms with Crippen molar-refractivity contribution in [2.75, 3.05) is 64.9 Å². The fourth-order valence-corrected chi connectivity index (χ4v) is 9.16. The molecular weight excluding hydrogens is 700 g/mol. The molecule has 1 spiro atoms. The molecule has 1 N–H and O–H groups in total. The number of amides is 4. The summed E-state index contributed by atoms with van der Waals surface area (Å²) in [5, 5.41) is 2.25. The summed E-state index contributed by atoms with van der Waals surface area (Å²) in [6, 6.07) is 10.4. The zero-order valence-electron chi connectivity index (χ0n) is 31.8. The summed E-state index contributed by atoms with van der Waals surface area (Å²) < 4.78 is 13.4. The first-order valence-corrected chi connectivity index (χ1v) is 19.1. The fraction of sp³-hybridized carbons (Fsp3) is 0.452. The van der Waals surface area contributed by atoms with Crippen molar-refractivity contribution in [1.82, 2.24) is 24.6 Å². The van der Waals surface area contributed by atoms with Crippen molar-refractivity contribution in [1.29, 1.82) is 0 Å². The minimum atomic E-state index is -0.962. The number of piperidine rings is 2. The summed E-state index contributed by atoms with van der Waals surface area (Å²) in [6.07, 6.45) is 6.07. The molecule has 5 aliphatic rings. The number of benzene rings is 2. The second-order valence-electron chi connectivity index (χ2n) is 15.9. The standard InChI is InChI=1S/C42H48N6O7/c1-5-12-46-22-29(15-26(2)39(46)51)28-16-35(54-3)33(36(17-28)55-4)23-45-20-27(21-45)19-44-13-10-42(11-14-44)24-47(25-42)30-6-7-31-32(18-30)41(53)48(40(31)52)34-8-9-37(49)43-38(34)50/h5-7,15-18,22,27,34H,1,8-14,19-21,23-25H2,2-4H3,(H,43,49,50). The van der Waals surface area contributed by atoms with Crippen LogP contribution in [0.1, 0.15) is 57.5 Å². The molecule has 288 valence electrons.